The standard InChI is InChI=1S/C16H21N5OS.2ClH/c22-16(13-3-1-2-5-17-13)21-8-6-20(7-9-21)14-12-4-10-23-15(12)19-11-18-14;;/h4,10-11,13,17H,1-3,5-9H2;2*1H/t13-;;/m1../s1. The molecule has 6 nitrogen and oxygen atoms in total. The highest BCUT2D eigenvalue weighted by Gasteiger charge is 2.29. The molecule has 4 heterocycles. The van der Waals surface area contributed by atoms with Crippen molar-refractivity contribution >= 4 is 58.1 Å². The van der Waals surface area contributed by atoms with Gasteiger partial charge in [0.25, 0.3) is 0 Å². The minimum atomic E-state index is 0. The lowest BCUT2D eigenvalue weighted by atomic mass is 10.0. The first kappa shape index (κ1) is 20.2. The number of thiophene rings is 1. The maximum absolute atomic E-state index is 12.6. The molecule has 0 unspecified atom stereocenters. The minimum Gasteiger partial charge on any atom is -0.352 e. The summed E-state index contributed by atoms with van der Waals surface area (Å²) in [6.45, 7) is 4.17. The maximum Gasteiger partial charge on any atom is 0.239 e. The number of fused-ring (bicyclic) bond motifs is 1. The van der Waals surface area contributed by atoms with Gasteiger partial charge < -0.3 is 15.1 Å². The van der Waals surface area contributed by atoms with E-state index in [1.54, 1.807) is 17.7 Å². The lowest BCUT2D eigenvalue weighted by Crippen LogP contribution is -2.55. The zero-order valence-corrected chi connectivity index (χ0v) is 16.3. The fraction of sp³-hybridized carbons (Fsp3) is 0.562. The summed E-state index contributed by atoms with van der Waals surface area (Å²) in [4.78, 5) is 26.7. The van der Waals surface area contributed by atoms with Crippen molar-refractivity contribution in [3.8, 4) is 0 Å². The Labute approximate surface area is 163 Å². The van der Waals surface area contributed by atoms with Crippen molar-refractivity contribution in [2.75, 3.05) is 37.6 Å². The molecule has 9 heteroatoms. The molecule has 2 fully saturated rings. The summed E-state index contributed by atoms with van der Waals surface area (Å²) in [6.07, 6.45) is 4.94. The number of piperazine rings is 1. The van der Waals surface area contributed by atoms with Crippen LogP contribution in [0.2, 0.25) is 0 Å². The molecule has 0 spiro atoms. The van der Waals surface area contributed by atoms with Gasteiger partial charge in [0.1, 0.15) is 17.0 Å². The summed E-state index contributed by atoms with van der Waals surface area (Å²) >= 11 is 1.64. The van der Waals surface area contributed by atoms with Crippen molar-refractivity contribution in [3.05, 3.63) is 17.8 Å². The molecule has 0 bridgehead atoms. The zero-order valence-electron chi connectivity index (χ0n) is 13.9. The van der Waals surface area contributed by atoms with Gasteiger partial charge in [-0.25, -0.2) is 9.97 Å². The summed E-state index contributed by atoms with van der Waals surface area (Å²) in [7, 11) is 0. The van der Waals surface area contributed by atoms with Crippen LogP contribution in [0.4, 0.5) is 5.82 Å². The second-order valence-corrected chi connectivity index (χ2v) is 7.05. The maximum atomic E-state index is 12.6. The van der Waals surface area contributed by atoms with Crippen LogP contribution in [0.25, 0.3) is 10.2 Å². The van der Waals surface area contributed by atoms with Crippen LogP contribution in [0.5, 0.6) is 0 Å². The SMILES string of the molecule is Cl.Cl.O=C([C@H]1CCCCN1)N1CCN(c2ncnc3sccc23)CC1. The first-order chi connectivity index (χ1) is 11.3. The third-order valence-corrected chi connectivity index (χ3v) is 5.56. The largest absolute Gasteiger partial charge is 0.352 e. The average molecular weight is 404 g/mol. The second-order valence-electron chi connectivity index (χ2n) is 6.15. The highest BCUT2D eigenvalue weighted by molar-refractivity contribution is 7.16. The van der Waals surface area contributed by atoms with Crippen molar-refractivity contribution in [1.82, 2.24) is 20.2 Å². The molecule has 2 aromatic heterocycles. The first-order valence-electron chi connectivity index (χ1n) is 8.28. The molecule has 0 saturated carbocycles. The van der Waals surface area contributed by atoms with Gasteiger partial charge in [-0.3, -0.25) is 4.79 Å². The number of carbonyl (C=O) groups excluding carboxylic acids is 1. The number of hydrogen-bond donors (Lipinski definition) is 1. The molecule has 1 amide bonds. The number of hydrogen-bond acceptors (Lipinski definition) is 6. The second kappa shape index (κ2) is 8.98. The number of anilines is 1. The number of halogens is 2. The van der Waals surface area contributed by atoms with Crippen LogP contribution in [0, 0.1) is 0 Å². The molecule has 0 aliphatic carbocycles. The van der Waals surface area contributed by atoms with Gasteiger partial charge >= 0.3 is 0 Å². The Morgan fingerprint density at radius 1 is 1.16 bits per heavy atom. The van der Waals surface area contributed by atoms with Crippen molar-refractivity contribution in [2.45, 2.75) is 25.3 Å². The summed E-state index contributed by atoms with van der Waals surface area (Å²) in [6, 6.07) is 2.11. The van der Waals surface area contributed by atoms with Gasteiger partial charge in [0.15, 0.2) is 0 Å². The van der Waals surface area contributed by atoms with E-state index in [9.17, 15) is 4.79 Å². The number of aromatic nitrogens is 2. The first-order valence-corrected chi connectivity index (χ1v) is 9.16. The summed E-state index contributed by atoms with van der Waals surface area (Å²) in [5.41, 5.74) is 0. The summed E-state index contributed by atoms with van der Waals surface area (Å²) < 4.78 is 0. The van der Waals surface area contributed by atoms with Crippen molar-refractivity contribution in [3.63, 3.8) is 0 Å². The molecule has 2 aliphatic rings. The Balaban J connectivity index is 0.00000113. The van der Waals surface area contributed by atoms with Gasteiger partial charge in [-0.15, -0.1) is 36.2 Å². The zero-order chi connectivity index (χ0) is 15.6. The smallest absolute Gasteiger partial charge is 0.239 e. The van der Waals surface area contributed by atoms with E-state index in [-0.39, 0.29) is 36.8 Å². The van der Waals surface area contributed by atoms with Gasteiger partial charge in [0, 0.05) is 26.2 Å². The van der Waals surface area contributed by atoms with E-state index in [0.717, 1.165) is 61.6 Å². The summed E-state index contributed by atoms with van der Waals surface area (Å²) in [5.74, 6) is 1.27. The topological polar surface area (TPSA) is 61.4 Å². The minimum absolute atomic E-state index is 0. The number of rotatable bonds is 2. The number of amides is 1. The van der Waals surface area contributed by atoms with Crippen LogP contribution in [0.3, 0.4) is 0 Å². The van der Waals surface area contributed by atoms with Crippen LogP contribution in [0.15, 0.2) is 17.8 Å². The van der Waals surface area contributed by atoms with Gasteiger partial charge in [-0.1, -0.05) is 6.42 Å². The van der Waals surface area contributed by atoms with E-state index in [0.29, 0.717) is 0 Å². The fourth-order valence-electron chi connectivity index (χ4n) is 3.45. The third kappa shape index (κ3) is 4.16. The lowest BCUT2D eigenvalue weighted by molar-refractivity contribution is -0.134. The molecular formula is C16H23Cl2N5OS. The number of nitrogens with zero attached hydrogens (tertiary/aromatic N) is 4. The molecule has 138 valence electrons. The van der Waals surface area contributed by atoms with Crippen LogP contribution < -0.4 is 10.2 Å². The molecule has 1 N–H and O–H groups in total. The van der Waals surface area contributed by atoms with Crippen molar-refractivity contribution in [2.24, 2.45) is 0 Å². The predicted octanol–water partition coefficient (Wildman–Crippen LogP) is 2.33. The van der Waals surface area contributed by atoms with E-state index < -0.39 is 0 Å². The number of piperidine rings is 1. The average Bonchev–Trinajstić information content (AvgIpc) is 3.11. The van der Waals surface area contributed by atoms with Crippen LogP contribution >= 0.6 is 36.2 Å². The van der Waals surface area contributed by atoms with Crippen molar-refractivity contribution < 1.29 is 4.79 Å². The molecule has 4 rings (SSSR count). The highest BCUT2D eigenvalue weighted by atomic mass is 35.5. The predicted molar refractivity (Wildman–Crippen MR) is 106 cm³/mol. The summed E-state index contributed by atoms with van der Waals surface area (Å²) in [5, 5.41) is 6.53. The molecule has 2 aromatic rings. The van der Waals surface area contributed by atoms with E-state index in [1.807, 2.05) is 4.90 Å². The molecule has 2 saturated heterocycles. The lowest BCUT2D eigenvalue weighted by Gasteiger charge is -2.37. The Hall–Kier alpha value is -1.15. The molecule has 0 aromatic carbocycles. The van der Waals surface area contributed by atoms with E-state index >= 15 is 0 Å². The molecule has 2 aliphatic heterocycles. The quantitative estimate of drug-likeness (QED) is 0.833. The highest BCUT2D eigenvalue weighted by Crippen LogP contribution is 2.27. The molecule has 0 radical (unpaired) electrons. The Kier molecular flexibility index (Phi) is 7.25. The Morgan fingerprint density at radius 2 is 1.96 bits per heavy atom. The van der Waals surface area contributed by atoms with E-state index in [1.165, 1.54) is 6.42 Å². The molecular weight excluding hydrogens is 381 g/mol. The van der Waals surface area contributed by atoms with Crippen LogP contribution in [-0.2, 0) is 4.79 Å². The van der Waals surface area contributed by atoms with Crippen LogP contribution in [0.1, 0.15) is 19.3 Å². The van der Waals surface area contributed by atoms with E-state index in [4.69, 9.17) is 0 Å². The van der Waals surface area contributed by atoms with Gasteiger partial charge in [0.05, 0.1) is 11.4 Å². The van der Waals surface area contributed by atoms with E-state index in [2.05, 4.69) is 31.6 Å². The monoisotopic (exact) mass is 403 g/mol. The fourth-order valence-corrected chi connectivity index (χ4v) is 4.18. The number of nitrogens with one attached hydrogen (secondary N) is 1. The van der Waals surface area contributed by atoms with Gasteiger partial charge in [-0.05, 0) is 30.8 Å². The van der Waals surface area contributed by atoms with Crippen LogP contribution in [-0.4, -0.2) is 59.5 Å². The van der Waals surface area contributed by atoms with Gasteiger partial charge in [0.2, 0.25) is 5.91 Å². The molecule has 1 atom stereocenters. The third-order valence-electron chi connectivity index (χ3n) is 4.74. The number of carbonyl (C=O) groups is 1. The van der Waals surface area contributed by atoms with Crippen molar-refractivity contribution in [1.29, 1.82) is 0 Å². The van der Waals surface area contributed by atoms with Gasteiger partial charge in [-0.2, -0.15) is 0 Å². The molecule has 25 heavy (non-hydrogen) atoms. The normalized spacial score (nSPS) is 20.7. The Morgan fingerprint density at radius 3 is 2.68 bits per heavy atom. The Bertz CT molecular complexity index is 699.